The Morgan fingerprint density at radius 3 is 1.87 bits per heavy atom. The quantitative estimate of drug-likeness (QED) is 0.309. The first-order chi connectivity index (χ1) is 18.5. The zero-order valence-corrected chi connectivity index (χ0v) is 22.2. The molecule has 9 heteroatoms. The van der Waals surface area contributed by atoms with Crippen LogP contribution in [-0.4, -0.2) is 53.5 Å². The van der Waals surface area contributed by atoms with E-state index in [-0.39, 0.29) is 5.56 Å². The molecule has 0 saturated carbocycles. The largest absolute Gasteiger partial charge is 0.496 e. The fraction of sp³-hybridized carbons (Fsp3) is 0.241. The Morgan fingerprint density at radius 2 is 1.26 bits per heavy atom. The van der Waals surface area contributed by atoms with E-state index < -0.39 is 5.91 Å². The molecule has 1 N–H and O–H groups in total. The zero-order chi connectivity index (χ0) is 27.2. The van der Waals surface area contributed by atoms with Gasteiger partial charge in [0.2, 0.25) is 0 Å². The Balaban J connectivity index is 1.82. The summed E-state index contributed by atoms with van der Waals surface area (Å²) in [6.07, 6.45) is 2.12. The van der Waals surface area contributed by atoms with Crippen molar-refractivity contribution >= 4 is 22.4 Å². The standard InChI is InChI=1S/C29H30N2O7/c1-33-22-8-7-9-23(34-2)28(22)29(32)31-20-16-27(38-6)25(36-4)14-18(20)12-21-19-15-26(37-5)24(35-3)13-17(19)10-11-30-21/h7-11,13-16H,12H2,1-6H3,(H,31,32). The number of amides is 1. The first-order valence-electron chi connectivity index (χ1n) is 11.7. The first kappa shape index (κ1) is 26.4. The fourth-order valence-corrected chi connectivity index (χ4v) is 4.32. The molecule has 0 aliphatic rings. The maximum atomic E-state index is 13.5. The molecule has 0 spiro atoms. The van der Waals surface area contributed by atoms with Crippen LogP contribution in [0, 0.1) is 0 Å². The minimum atomic E-state index is -0.398. The van der Waals surface area contributed by atoms with Gasteiger partial charge in [-0.15, -0.1) is 0 Å². The minimum absolute atomic E-state index is 0.276. The molecule has 0 unspecified atom stereocenters. The number of pyridine rings is 1. The van der Waals surface area contributed by atoms with Crippen molar-refractivity contribution in [3.8, 4) is 34.5 Å². The number of ether oxygens (including phenoxy) is 6. The van der Waals surface area contributed by atoms with Crippen LogP contribution in [0.15, 0.2) is 54.7 Å². The Kier molecular flexibility index (Phi) is 8.06. The molecule has 3 aromatic carbocycles. The van der Waals surface area contributed by atoms with Gasteiger partial charge in [0.25, 0.3) is 5.91 Å². The summed E-state index contributed by atoms with van der Waals surface area (Å²) in [7, 11) is 9.30. The van der Waals surface area contributed by atoms with E-state index in [0.29, 0.717) is 46.6 Å². The first-order valence-corrected chi connectivity index (χ1v) is 11.7. The van der Waals surface area contributed by atoms with Gasteiger partial charge < -0.3 is 33.7 Å². The molecule has 0 aliphatic heterocycles. The molecule has 0 atom stereocenters. The van der Waals surface area contributed by atoms with Gasteiger partial charge in [0.05, 0.1) is 48.4 Å². The van der Waals surface area contributed by atoms with Gasteiger partial charge in [-0.2, -0.15) is 0 Å². The number of methoxy groups -OCH3 is 6. The molecule has 198 valence electrons. The number of nitrogens with zero attached hydrogens (tertiary/aromatic N) is 1. The van der Waals surface area contributed by atoms with E-state index in [9.17, 15) is 4.79 Å². The van der Waals surface area contributed by atoms with E-state index in [1.165, 1.54) is 21.3 Å². The molecule has 1 aromatic heterocycles. The van der Waals surface area contributed by atoms with Crippen molar-refractivity contribution in [2.45, 2.75) is 6.42 Å². The van der Waals surface area contributed by atoms with Crippen molar-refractivity contribution < 1.29 is 33.2 Å². The summed E-state index contributed by atoms with van der Waals surface area (Å²) in [6, 6.07) is 14.4. The topological polar surface area (TPSA) is 97.4 Å². The Labute approximate surface area is 221 Å². The molecule has 4 rings (SSSR count). The molecule has 38 heavy (non-hydrogen) atoms. The van der Waals surface area contributed by atoms with Crippen LogP contribution in [-0.2, 0) is 6.42 Å². The van der Waals surface area contributed by atoms with E-state index >= 15 is 0 Å². The van der Waals surface area contributed by atoms with Crippen LogP contribution in [0.5, 0.6) is 34.5 Å². The second-order valence-corrected chi connectivity index (χ2v) is 8.22. The van der Waals surface area contributed by atoms with Crippen LogP contribution in [0.4, 0.5) is 5.69 Å². The van der Waals surface area contributed by atoms with E-state index in [0.717, 1.165) is 22.0 Å². The average molecular weight is 519 g/mol. The van der Waals surface area contributed by atoms with Crippen LogP contribution in [0.25, 0.3) is 10.8 Å². The molecule has 0 bridgehead atoms. The van der Waals surface area contributed by atoms with Crippen molar-refractivity contribution in [2.24, 2.45) is 0 Å². The van der Waals surface area contributed by atoms with Crippen molar-refractivity contribution in [1.82, 2.24) is 4.98 Å². The number of carbonyl (C=O) groups excluding carboxylic acids is 1. The number of fused-ring (bicyclic) bond motifs is 1. The number of rotatable bonds is 10. The summed E-state index contributed by atoms with van der Waals surface area (Å²) in [5.74, 6) is 2.59. The molecule has 9 nitrogen and oxygen atoms in total. The lowest BCUT2D eigenvalue weighted by atomic mass is 10.0. The van der Waals surface area contributed by atoms with Crippen LogP contribution in [0.1, 0.15) is 21.6 Å². The normalized spacial score (nSPS) is 10.6. The Hall–Kier alpha value is -4.66. The van der Waals surface area contributed by atoms with Crippen LogP contribution in [0.3, 0.4) is 0 Å². The second-order valence-electron chi connectivity index (χ2n) is 8.22. The average Bonchev–Trinajstić information content (AvgIpc) is 2.96. The SMILES string of the molecule is COc1cc(Cc2nccc3cc(OC)c(OC)cc23)c(NC(=O)c2c(OC)cccc2OC)cc1OC. The molecular formula is C29H30N2O7. The Morgan fingerprint density at radius 1 is 0.711 bits per heavy atom. The van der Waals surface area contributed by atoms with Crippen molar-refractivity contribution in [2.75, 3.05) is 48.0 Å². The van der Waals surface area contributed by atoms with Gasteiger partial charge in [0.1, 0.15) is 17.1 Å². The van der Waals surface area contributed by atoms with E-state index in [1.807, 2.05) is 24.3 Å². The second kappa shape index (κ2) is 11.6. The van der Waals surface area contributed by atoms with Crippen molar-refractivity contribution in [1.29, 1.82) is 0 Å². The maximum Gasteiger partial charge on any atom is 0.263 e. The highest BCUT2D eigenvalue weighted by atomic mass is 16.5. The molecule has 0 fully saturated rings. The zero-order valence-electron chi connectivity index (χ0n) is 22.2. The summed E-state index contributed by atoms with van der Waals surface area (Å²) in [5, 5.41) is 4.84. The highest BCUT2D eigenvalue weighted by Crippen LogP contribution is 2.38. The number of aromatic nitrogens is 1. The maximum absolute atomic E-state index is 13.5. The van der Waals surface area contributed by atoms with Gasteiger partial charge in [0.15, 0.2) is 23.0 Å². The minimum Gasteiger partial charge on any atom is -0.496 e. The lowest BCUT2D eigenvalue weighted by molar-refractivity contribution is 0.102. The molecular weight excluding hydrogens is 488 g/mol. The summed E-state index contributed by atoms with van der Waals surface area (Å²) in [6.45, 7) is 0. The van der Waals surface area contributed by atoms with Gasteiger partial charge in [-0.25, -0.2) is 0 Å². The summed E-state index contributed by atoms with van der Waals surface area (Å²) < 4.78 is 32.9. The molecule has 1 heterocycles. The molecule has 0 saturated heterocycles. The summed E-state index contributed by atoms with van der Waals surface area (Å²) in [5.41, 5.74) is 2.35. The lowest BCUT2D eigenvalue weighted by Crippen LogP contribution is -2.16. The number of nitrogens with one attached hydrogen (secondary N) is 1. The number of anilines is 1. The monoisotopic (exact) mass is 518 g/mol. The summed E-state index contributed by atoms with van der Waals surface area (Å²) in [4.78, 5) is 18.2. The number of benzene rings is 3. The third-order valence-electron chi connectivity index (χ3n) is 6.22. The third kappa shape index (κ3) is 5.08. The molecule has 4 aromatic rings. The summed E-state index contributed by atoms with van der Waals surface area (Å²) >= 11 is 0. The van der Waals surface area contributed by atoms with Gasteiger partial charge in [0, 0.05) is 29.8 Å². The number of carbonyl (C=O) groups is 1. The molecule has 1 amide bonds. The number of hydrogen-bond donors (Lipinski definition) is 1. The van der Waals surface area contributed by atoms with Gasteiger partial charge >= 0.3 is 0 Å². The van der Waals surface area contributed by atoms with E-state index in [4.69, 9.17) is 28.4 Å². The highest BCUT2D eigenvalue weighted by molar-refractivity contribution is 6.08. The molecule has 0 aliphatic carbocycles. The number of hydrogen-bond acceptors (Lipinski definition) is 8. The van der Waals surface area contributed by atoms with Crippen molar-refractivity contribution in [3.05, 3.63) is 71.5 Å². The van der Waals surface area contributed by atoms with Crippen LogP contribution in [0.2, 0.25) is 0 Å². The van der Waals surface area contributed by atoms with E-state index in [1.54, 1.807) is 51.8 Å². The smallest absolute Gasteiger partial charge is 0.263 e. The lowest BCUT2D eigenvalue weighted by Gasteiger charge is -2.18. The van der Waals surface area contributed by atoms with Gasteiger partial charge in [-0.3, -0.25) is 9.78 Å². The van der Waals surface area contributed by atoms with E-state index in [2.05, 4.69) is 10.3 Å². The highest BCUT2D eigenvalue weighted by Gasteiger charge is 2.22. The third-order valence-corrected chi connectivity index (χ3v) is 6.22. The molecule has 0 radical (unpaired) electrons. The van der Waals surface area contributed by atoms with Crippen LogP contribution >= 0.6 is 0 Å². The predicted molar refractivity (Wildman–Crippen MR) is 145 cm³/mol. The fourth-order valence-electron chi connectivity index (χ4n) is 4.32. The predicted octanol–water partition coefficient (Wildman–Crippen LogP) is 5.13. The van der Waals surface area contributed by atoms with Gasteiger partial charge in [-0.1, -0.05) is 6.07 Å². The Bertz CT molecular complexity index is 1450. The van der Waals surface area contributed by atoms with Crippen LogP contribution < -0.4 is 33.7 Å². The van der Waals surface area contributed by atoms with Crippen molar-refractivity contribution in [3.63, 3.8) is 0 Å². The van der Waals surface area contributed by atoms with Gasteiger partial charge in [-0.05, 0) is 47.3 Å².